The molecule has 0 spiro atoms. The van der Waals surface area contributed by atoms with Crippen LogP contribution in [0.4, 0.5) is 13.2 Å². The topological polar surface area (TPSA) is 80.8 Å². The quantitative estimate of drug-likeness (QED) is 0.769. The summed E-state index contributed by atoms with van der Waals surface area (Å²) in [5, 5.41) is 11.0. The Morgan fingerprint density at radius 2 is 2.00 bits per heavy atom. The SMILES string of the molecule is C=C1NC=C(Br)C(C(F)(F)F)=C1C(=O)O.O. The van der Waals surface area contributed by atoms with Crippen molar-refractivity contribution in [1.82, 2.24) is 5.32 Å². The number of carbonyl (C=O) groups is 1. The molecule has 0 saturated carbocycles. The van der Waals surface area contributed by atoms with Crippen molar-refractivity contribution in [2.45, 2.75) is 6.18 Å². The molecule has 0 atom stereocenters. The van der Waals surface area contributed by atoms with Gasteiger partial charge in [0, 0.05) is 16.4 Å². The second kappa shape index (κ2) is 4.71. The summed E-state index contributed by atoms with van der Waals surface area (Å²) in [7, 11) is 0. The van der Waals surface area contributed by atoms with E-state index in [2.05, 4.69) is 27.8 Å². The van der Waals surface area contributed by atoms with Gasteiger partial charge in [0.05, 0.1) is 11.1 Å². The van der Waals surface area contributed by atoms with Crippen LogP contribution in [0.15, 0.2) is 34.1 Å². The molecule has 0 aromatic rings. The summed E-state index contributed by atoms with van der Waals surface area (Å²) in [6, 6.07) is 0. The van der Waals surface area contributed by atoms with E-state index in [1.807, 2.05) is 0 Å². The Balaban J connectivity index is 0.00000225. The number of aliphatic carboxylic acids is 1. The molecule has 1 rings (SSSR count). The summed E-state index contributed by atoms with van der Waals surface area (Å²) < 4.78 is 37.2. The molecule has 0 saturated heterocycles. The molecular weight excluding hydrogens is 295 g/mol. The van der Waals surface area contributed by atoms with Crippen LogP contribution in [0, 0.1) is 0 Å². The first-order valence-corrected chi connectivity index (χ1v) is 4.41. The molecule has 0 amide bonds. The minimum absolute atomic E-state index is 0. The zero-order valence-corrected chi connectivity index (χ0v) is 9.24. The van der Waals surface area contributed by atoms with E-state index >= 15 is 0 Å². The van der Waals surface area contributed by atoms with Gasteiger partial charge in [-0.3, -0.25) is 0 Å². The van der Waals surface area contributed by atoms with Gasteiger partial charge in [0.15, 0.2) is 0 Å². The van der Waals surface area contributed by atoms with E-state index in [-0.39, 0.29) is 15.7 Å². The van der Waals surface area contributed by atoms with E-state index in [4.69, 9.17) is 5.11 Å². The highest BCUT2D eigenvalue weighted by molar-refractivity contribution is 9.12. The Hall–Kier alpha value is -1.28. The predicted octanol–water partition coefficient (Wildman–Crippen LogP) is 1.46. The molecule has 1 heterocycles. The Kier molecular flexibility index (Phi) is 4.33. The van der Waals surface area contributed by atoms with Gasteiger partial charge in [0.25, 0.3) is 0 Å². The first-order chi connectivity index (χ1) is 6.75. The van der Waals surface area contributed by atoms with Crippen LogP contribution < -0.4 is 5.32 Å². The summed E-state index contributed by atoms with van der Waals surface area (Å²) in [5.41, 5.74) is -2.41. The Labute approximate surface area is 96.6 Å². The number of carboxylic acids is 1. The predicted molar refractivity (Wildman–Crippen MR) is 53.6 cm³/mol. The number of allylic oxidation sites excluding steroid dienone is 2. The van der Waals surface area contributed by atoms with E-state index in [1.165, 1.54) is 0 Å². The second-order valence-electron chi connectivity index (χ2n) is 2.67. The fraction of sp³-hybridized carbons (Fsp3) is 0.125. The number of halogens is 4. The van der Waals surface area contributed by atoms with Crippen LogP contribution in [0.25, 0.3) is 0 Å². The van der Waals surface area contributed by atoms with Crippen LogP contribution in [0.3, 0.4) is 0 Å². The molecule has 0 aromatic heterocycles. The van der Waals surface area contributed by atoms with Gasteiger partial charge in [-0.25, -0.2) is 4.79 Å². The number of hydrogen-bond acceptors (Lipinski definition) is 2. The number of nitrogens with one attached hydrogen (secondary N) is 1. The van der Waals surface area contributed by atoms with E-state index in [1.54, 1.807) is 0 Å². The molecule has 4 N–H and O–H groups in total. The highest BCUT2D eigenvalue weighted by Gasteiger charge is 2.42. The van der Waals surface area contributed by atoms with Crippen molar-refractivity contribution in [3.8, 4) is 0 Å². The van der Waals surface area contributed by atoms with E-state index in [0.717, 1.165) is 6.20 Å². The molecular formula is C8H7BrF3NO3. The zero-order chi connectivity index (χ0) is 11.8. The molecule has 0 unspecified atom stereocenters. The van der Waals surface area contributed by atoms with Crippen LogP contribution in [0.1, 0.15) is 0 Å². The molecule has 90 valence electrons. The van der Waals surface area contributed by atoms with Crippen LogP contribution in [0.5, 0.6) is 0 Å². The Morgan fingerprint density at radius 3 is 2.31 bits per heavy atom. The summed E-state index contributed by atoms with van der Waals surface area (Å²) in [5.74, 6) is -1.68. The van der Waals surface area contributed by atoms with Crippen molar-refractivity contribution < 1.29 is 28.5 Å². The monoisotopic (exact) mass is 301 g/mol. The molecule has 16 heavy (non-hydrogen) atoms. The van der Waals surface area contributed by atoms with Crippen molar-refractivity contribution in [2.75, 3.05) is 0 Å². The van der Waals surface area contributed by atoms with Crippen molar-refractivity contribution in [3.05, 3.63) is 34.1 Å². The molecule has 1 aliphatic heterocycles. The maximum absolute atomic E-state index is 12.5. The van der Waals surface area contributed by atoms with Crippen molar-refractivity contribution in [2.24, 2.45) is 0 Å². The van der Waals surface area contributed by atoms with Crippen LogP contribution in [-0.4, -0.2) is 22.7 Å². The van der Waals surface area contributed by atoms with Crippen molar-refractivity contribution in [3.63, 3.8) is 0 Å². The van der Waals surface area contributed by atoms with Crippen molar-refractivity contribution >= 4 is 21.9 Å². The van der Waals surface area contributed by atoms with Gasteiger partial charge in [0.1, 0.15) is 0 Å². The molecule has 0 bridgehead atoms. The highest BCUT2D eigenvalue weighted by Crippen LogP contribution is 2.39. The van der Waals surface area contributed by atoms with Gasteiger partial charge in [-0.05, 0) is 15.9 Å². The molecule has 1 aliphatic rings. The second-order valence-corrected chi connectivity index (χ2v) is 3.52. The third-order valence-electron chi connectivity index (χ3n) is 1.66. The van der Waals surface area contributed by atoms with Gasteiger partial charge in [-0.1, -0.05) is 6.58 Å². The molecule has 0 aliphatic carbocycles. The molecule has 8 heteroatoms. The van der Waals surface area contributed by atoms with Crippen LogP contribution >= 0.6 is 15.9 Å². The fourth-order valence-corrected chi connectivity index (χ4v) is 1.62. The minimum atomic E-state index is -4.74. The first-order valence-electron chi connectivity index (χ1n) is 3.61. The molecule has 0 radical (unpaired) electrons. The average Bonchev–Trinajstić information content (AvgIpc) is 2.05. The molecule has 4 nitrogen and oxygen atoms in total. The van der Waals surface area contributed by atoms with E-state index in [0.29, 0.717) is 0 Å². The minimum Gasteiger partial charge on any atom is -0.478 e. The number of dihydropyridines is 1. The standard InChI is InChI=1S/C8H5BrF3NO2.H2O/c1-3-5(7(14)15)6(8(10,11)12)4(9)2-13-3;/h2,13H,1H2,(H,14,15);1H2. The first kappa shape index (κ1) is 14.7. The number of alkyl halides is 3. The molecule has 0 aromatic carbocycles. The van der Waals surface area contributed by atoms with Gasteiger partial charge in [-0.15, -0.1) is 0 Å². The van der Waals surface area contributed by atoms with Gasteiger partial charge in [-0.2, -0.15) is 13.2 Å². The lowest BCUT2D eigenvalue weighted by Gasteiger charge is -2.20. The largest absolute Gasteiger partial charge is 0.478 e. The van der Waals surface area contributed by atoms with Gasteiger partial charge < -0.3 is 15.9 Å². The Bertz CT molecular complexity index is 398. The number of hydrogen-bond donors (Lipinski definition) is 2. The van der Waals surface area contributed by atoms with E-state index in [9.17, 15) is 18.0 Å². The third-order valence-corrected chi connectivity index (χ3v) is 2.29. The van der Waals surface area contributed by atoms with E-state index < -0.39 is 23.3 Å². The highest BCUT2D eigenvalue weighted by atomic mass is 79.9. The lowest BCUT2D eigenvalue weighted by molar-refractivity contribution is -0.133. The van der Waals surface area contributed by atoms with Gasteiger partial charge >= 0.3 is 12.1 Å². The smallest absolute Gasteiger partial charge is 0.418 e. The Morgan fingerprint density at radius 1 is 1.50 bits per heavy atom. The van der Waals surface area contributed by atoms with Crippen LogP contribution in [-0.2, 0) is 4.79 Å². The summed E-state index contributed by atoms with van der Waals surface area (Å²) in [4.78, 5) is 10.7. The lowest BCUT2D eigenvalue weighted by Crippen LogP contribution is -2.26. The van der Waals surface area contributed by atoms with Crippen LogP contribution in [0.2, 0.25) is 0 Å². The lowest BCUT2D eigenvalue weighted by atomic mass is 10.0. The van der Waals surface area contributed by atoms with Gasteiger partial charge in [0.2, 0.25) is 0 Å². The third kappa shape index (κ3) is 2.64. The zero-order valence-electron chi connectivity index (χ0n) is 7.65. The number of carboxylic acid groups (broad SMARTS) is 1. The maximum Gasteiger partial charge on any atom is 0.418 e. The maximum atomic E-state index is 12.5. The summed E-state index contributed by atoms with van der Waals surface area (Å²) in [6.07, 6.45) is -3.74. The fourth-order valence-electron chi connectivity index (χ4n) is 1.08. The summed E-state index contributed by atoms with van der Waals surface area (Å²) in [6.45, 7) is 3.20. The summed E-state index contributed by atoms with van der Waals surface area (Å²) >= 11 is 2.64. The van der Waals surface area contributed by atoms with Crippen molar-refractivity contribution in [1.29, 1.82) is 0 Å². The molecule has 0 fully saturated rings. The average molecular weight is 302 g/mol. The number of rotatable bonds is 1. The normalized spacial score (nSPS) is 16.2.